The van der Waals surface area contributed by atoms with Gasteiger partial charge < -0.3 is 5.32 Å². The quantitative estimate of drug-likeness (QED) is 0.795. The van der Waals surface area contributed by atoms with Crippen LogP contribution in [0.3, 0.4) is 0 Å². The van der Waals surface area contributed by atoms with Crippen LogP contribution in [0, 0.1) is 0 Å². The van der Waals surface area contributed by atoms with Crippen LogP contribution < -0.4 is 5.32 Å². The molecular formula is C13H14F3N7. The smallest absolute Gasteiger partial charge is 0.364 e. The highest BCUT2D eigenvalue weighted by molar-refractivity contribution is 5.44. The highest BCUT2D eigenvalue weighted by Gasteiger charge is 2.37. The number of nitrogens with one attached hydrogen (secondary N) is 1. The third-order valence-electron chi connectivity index (χ3n) is 3.30. The molecule has 10 heteroatoms. The number of alkyl halides is 3. The molecule has 0 bridgehead atoms. The van der Waals surface area contributed by atoms with Crippen molar-refractivity contribution in [3.05, 3.63) is 35.4 Å². The van der Waals surface area contributed by atoms with E-state index in [2.05, 4.69) is 25.7 Å². The lowest BCUT2D eigenvalue weighted by Crippen LogP contribution is -2.13. The average Bonchev–Trinajstić information content (AvgIpc) is 3.07. The molecule has 0 spiro atoms. The number of hydrogen-bond acceptors (Lipinski definition) is 5. The first-order valence-corrected chi connectivity index (χ1v) is 6.93. The summed E-state index contributed by atoms with van der Waals surface area (Å²) in [7, 11) is 1.82. The number of aryl methyl sites for hydroxylation is 2. The molecule has 0 unspecified atom stereocenters. The van der Waals surface area contributed by atoms with Crippen molar-refractivity contribution in [2.24, 2.45) is 7.05 Å². The molecule has 0 fully saturated rings. The van der Waals surface area contributed by atoms with E-state index in [-0.39, 0.29) is 5.65 Å². The predicted molar refractivity (Wildman–Crippen MR) is 75.7 cm³/mol. The Morgan fingerprint density at radius 3 is 2.65 bits per heavy atom. The van der Waals surface area contributed by atoms with Gasteiger partial charge in [-0.1, -0.05) is 6.92 Å². The molecule has 0 atom stereocenters. The van der Waals surface area contributed by atoms with Crippen molar-refractivity contribution in [1.29, 1.82) is 0 Å². The summed E-state index contributed by atoms with van der Waals surface area (Å²) >= 11 is 0. The molecule has 122 valence electrons. The molecule has 7 nitrogen and oxygen atoms in total. The van der Waals surface area contributed by atoms with Crippen LogP contribution in [0.2, 0.25) is 0 Å². The first-order valence-electron chi connectivity index (χ1n) is 6.93. The maximum atomic E-state index is 12.8. The van der Waals surface area contributed by atoms with Gasteiger partial charge in [-0.25, -0.2) is 0 Å². The summed E-state index contributed by atoms with van der Waals surface area (Å²) < 4.78 is 40.9. The van der Waals surface area contributed by atoms with E-state index < -0.39 is 12.0 Å². The number of fused-ring (bicyclic) bond motifs is 1. The summed E-state index contributed by atoms with van der Waals surface area (Å²) in [5.74, 6) is -0.847. The van der Waals surface area contributed by atoms with Crippen LogP contribution in [0.15, 0.2) is 18.3 Å². The average molecular weight is 325 g/mol. The number of anilines is 1. The third kappa shape index (κ3) is 2.96. The molecule has 0 aliphatic heterocycles. The molecule has 0 aliphatic rings. The molecule has 0 aliphatic carbocycles. The fraction of sp³-hybridized carbons (Fsp3) is 0.385. The topological polar surface area (TPSA) is 72.9 Å². The molecule has 3 rings (SSSR count). The fourth-order valence-corrected chi connectivity index (χ4v) is 2.27. The van der Waals surface area contributed by atoms with Crippen LogP contribution in [-0.4, -0.2) is 29.6 Å². The van der Waals surface area contributed by atoms with Gasteiger partial charge in [0.2, 0.25) is 0 Å². The lowest BCUT2D eigenvalue weighted by atomic mass is 10.2. The van der Waals surface area contributed by atoms with Gasteiger partial charge in [-0.2, -0.15) is 22.8 Å². The molecule has 0 saturated carbocycles. The van der Waals surface area contributed by atoms with Crippen LogP contribution in [0.25, 0.3) is 5.65 Å². The van der Waals surface area contributed by atoms with Crippen molar-refractivity contribution in [3.8, 4) is 0 Å². The minimum absolute atomic E-state index is 0.0403. The second kappa shape index (κ2) is 5.52. The van der Waals surface area contributed by atoms with Gasteiger partial charge in [-0.15, -0.1) is 15.3 Å². The Morgan fingerprint density at radius 2 is 1.96 bits per heavy atom. The zero-order valence-corrected chi connectivity index (χ0v) is 12.5. The van der Waals surface area contributed by atoms with Crippen molar-refractivity contribution in [2.75, 3.05) is 5.32 Å². The Labute approximate surface area is 129 Å². The first kappa shape index (κ1) is 15.3. The first-order chi connectivity index (χ1) is 10.9. The second-order valence-corrected chi connectivity index (χ2v) is 4.99. The number of rotatable bonds is 4. The highest BCUT2D eigenvalue weighted by atomic mass is 19.4. The van der Waals surface area contributed by atoms with Gasteiger partial charge in [0, 0.05) is 25.4 Å². The largest absolute Gasteiger partial charge is 0.453 e. The lowest BCUT2D eigenvalue weighted by molar-refractivity contribution is -0.146. The molecule has 0 saturated heterocycles. The standard InChI is InChI=1S/C13H14F3N7/c1-3-9-8(7-22(2)20-9)6-17-10-4-5-11-18-19-12(13(14,15)16)23(11)21-10/h4-5,7H,3,6H2,1-2H3,(H,17,21). The Kier molecular flexibility index (Phi) is 3.66. The van der Waals surface area contributed by atoms with E-state index in [0.717, 1.165) is 17.7 Å². The van der Waals surface area contributed by atoms with Gasteiger partial charge in [-0.3, -0.25) is 4.68 Å². The van der Waals surface area contributed by atoms with Crippen LogP contribution >= 0.6 is 0 Å². The van der Waals surface area contributed by atoms with Gasteiger partial charge in [0.15, 0.2) is 5.65 Å². The highest BCUT2D eigenvalue weighted by Crippen LogP contribution is 2.27. The van der Waals surface area contributed by atoms with E-state index in [0.29, 0.717) is 16.9 Å². The van der Waals surface area contributed by atoms with E-state index in [4.69, 9.17) is 0 Å². The Balaban J connectivity index is 1.86. The molecule has 3 aromatic heterocycles. The van der Waals surface area contributed by atoms with E-state index >= 15 is 0 Å². The van der Waals surface area contributed by atoms with Crippen LogP contribution in [0.4, 0.5) is 19.0 Å². The van der Waals surface area contributed by atoms with Gasteiger partial charge >= 0.3 is 6.18 Å². The van der Waals surface area contributed by atoms with E-state index in [1.165, 1.54) is 6.07 Å². The minimum atomic E-state index is -4.61. The van der Waals surface area contributed by atoms with E-state index in [1.807, 2.05) is 20.2 Å². The van der Waals surface area contributed by atoms with Crippen molar-refractivity contribution in [2.45, 2.75) is 26.1 Å². The van der Waals surface area contributed by atoms with Crippen LogP contribution in [-0.2, 0) is 26.2 Å². The predicted octanol–water partition coefficient (Wildman–Crippen LogP) is 2.05. The van der Waals surface area contributed by atoms with Gasteiger partial charge in [0.05, 0.1) is 5.69 Å². The Bertz CT molecular complexity index is 834. The van der Waals surface area contributed by atoms with Crippen LogP contribution in [0.1, 0.15) is 24.0 Å². The van der Waals surface area contributed by atoms with Crippen molar-refractivity contribution in [1.82, 2.24) is 29.6 Å². The van der Waals surface area contributed by atoms with Gasteiger partial charge in [0.1, 0.15) is 5.82 Å². The Hall–Kier alpha value is -2.65. The van der Waals surface area contributed by atoms with E-state index in [9.17, 15) is 13.2 Å². The molecular weight excluding hydrogens is 311 g/mol. The molecule has 0 amide bonds. The maximum absolute atomic E-state index is 12.8. The zero-order chi connectivity index (χ0) is 16.6. The summed E-state index contributed by atoms with van der Waals surface area (Å²) in [6.07, 6.45) is -1.97. The SMILES string of the molecule is CCc1nn(C)cc1CNc1ccc2nnc(C(F)(F)F)n2n1. The summed E-state index contributed by atoms with van der Waals surface area (Å²) in [4.78, 5) is 0. The monoisotopic (exact) mass is 325 g/mol. The molecule has 3 aromatic rings. The zero-order valence-electron chi connectivity index (χ0n) is 12.5. The molecule has 23 heavy (non-hydrogen) atoms. The lowest BCUT2D eigenvalue weighted by Gasteiger charge is -2.07. The summed E-state index contributed by atoms with van der Waals surface area (Å²) in [5.41, 5.74) is 1.94. The van der Waals surface area contributed by atoms with Gasteiger partial charge in [0.25, 0.3) is 5.82 Å². The third-order valence-corrected chi connectivity index (χ3v) is 3.30. The van der Waals surface area contributed by atoms with Crippen LogP contribution in [0.5, 0.6) is 0 Å². The molecule has 0 aromatic carbocycles. The Morgan fingerprint density at radius 1 is 1.17 bits per heavy atom. The van der Waals surface area contributed by atoms with Gasteiger partial charge in [-0.05, 0) is 18.6 Å². The van der Waals surface area contributed by atoms with E-state index in [1.54, 1.807) is 10.7 Å². The molecule has 3 heterocycles. The maximum Gasteiger partial charge on any atom is 0.453 e. The molecule has 0 radical (unpaired) electrons. The number of hydrogen-bond donors (Lipinski definition) is 1. The number of aromatic nitrogens is 6. The fourth-order valence-electron chi connectivity index (χ4n) is 2.27. The molecule has 1 N–H and O–H groups in total. The van der Waals surface area contributed by atoms with Crippen molar-refractivity contribution < 1.29 is 13.2 Å². The van der Waals surface area contributed by atoms with Crippen molar-refractivity contribution >= 4 is 11.5 Å². The summed E-state index contributed by atoms with van der Waals surface area (Å²) in [6.45, 7) is 2.40. The second-order valence-electron chi connectivity index (χ2n) is 4.99. The summed E-state index contributed by atoms with van der Waals surface area (Å²) in [6, 6.07) is 2.99. The number of halogens is 3. The summed E-state index contributed by atoms with van der Waals surface area (Å²) in [5, 5.41) is 17.8. The van der Waals surface area contributed by atoms with Crippen molar-refractivity contribution in [3.63, 3.8) is 0 Å². The number of nitrogens with zero attached hydrogens (tertiary/aromatic N) is 6. The normalized spacial score (nSPS) is 12.0. The minimum Gasteiger partial charge on any atom is -0.364 e.